The van der Waals surface area contributed by atoms with Gasteiger partial charge in [0.2, 0.25) is 11.8 Å². The SMILES string of the molecule is CC(CN)N(C)C(=O)CCNC(=O)Cc1ccccc1.Cl. The highest BCUT2D eigenvalue weighted by atomic mass is 35.5. The number of hydrogen-bond donors (Lipinski definition) is 2. The van der Waals surface area contributed by atoms with Crippen molar-refractivity contribution in [2.45, 2.75) is 25.8 Å². The summed E-state index contributed by atoms with van der Waals surface area (Å²) >= 11 is 0. The number of carbonyl (C=O) groups is 2. The van der Waals surface area contributed by atoms with Crippen LogP contribution < -0.4 is 11.1 Å². The van der Waals surface area contributed by atoms with E-state index in [1.165, 1.54) is 0 Å². The fourth-order valence-corrected chi connectivity index (χ4v) is 1.73. The molecule has 0 bridgehead atoms. The van der Waals surface area contributed by atoms with Crippen molar-refractivity contribution in [1.29, 1.82) is 0 Å². The van der Waals surface area contributed by atoms with Crippen LogP contribution in [0.1, 0.15) is 18.9 Å². The number of carbonyl (C=O) groups excluding carboxylic acids is 2. The van der Waals surface area contributed by atoms with E-state index in [-0.39, 0.29) is 30.3 Å². The van der Waals surface area contributed by atoms with Gasteiger partial charge in [0.25, 0.3) is 0 Å². The number of halogens is 1. The molecule has 0 fully saturated rings. The maximum atomic E-state index is 11.8. The molecule has 0 aromatic heterocycles. The van der Waals surface area contributed by atoms with Gasteiger partial charge in [-0.3, -0.25) is 9.59 Å². The third-order valence-electron chi connectivity index (χ3n) is 3.26. The van der Waals surface area contributed by atoms with Crippen LogP contribution in [0.5, 0.6) is 0 Å². The van der Waals surface area contributed by atoms with E-state index >= 15 is 0 Å². The Bertz CT molecular complexity index is 440. The average Bonchev–Trinajstić information content (AvgIpc) is 2.46. The quantitative estimate of drug-likeness (QED) is 0.787. The van der Waals surface area contributed by atoms with Gasteiger partial charge in [-0.05, 0) is 12.5 Å². The molecular weight excluding hydrogens is 290 g/mol. The number of benzene rings is 1. The predicted octanol–water partition coefficient (Wildman–Crippen LogP) is 0.963. The van der Waals surface area contributed by atoms with E-state index in [0.717, 1.165) is 5.56 Å². The van der Waals surface area contributed by atoms with Gasteiger partial charge >= 0.3 is 0 Å². The van der Waals surface area contributed by atoms with E-state index in [1.807, 2.05) is 37.3 Å². The van der Waals surface area contributed by atoms with Crippen molar-refractivity contribution in [1.82, 2.24) is 10.2 Å². The summed E-state index contributed by atoms with van der Waals surface area (Å²) in [6.07, 6.45) is 0.630. The molecular formula is C15H24ClN3O2. The van der Waals surface area contributed by atoms with Crippen molar-refractivity contribution in [2.24, 2.45) is 5.73 Å². The Labute approximate surface area is 132 Å². The van der Waals surface area contributed by atoms with Crippen molar-refractivity contribution in [3.8, 4) is 0 Å². The summed E-state index contributed by atoms with van der Waals surface area (Å²) in [5, 5.41) is 2.76. The molecule has 0 radical (unpaired) electrons. The molecule has 0 saturated carbocycles. The van der Waals surface area contributed by atoms with Gasteiger partial charge in [0.15, 0.2) is 0 Å². The lowest BCUT2D eigenvalue weighted by Crippen LogP contribution is -2.41. The van der Waals surface area contributed by atoms with Crippen LogP contribution in [-0.4, -0.2) is 42.9 Å². The van der Waals surface area contributed by atoms with Crippen LogP contribution in [0.2, 0.25) is 0 Å². The van der Waals surface area contributed by atoms with Gasteiger partial charge < -0.3 is 16.0 Å². The largest absolute Gasteiger partial charge is 0.355 e. The zero-order valence-electron chi connectivity index (χ0n) is 12.5. The first-order chi connectivity index (χ1) is 9.54. The van der Waals surface area contributed by atoms with Crippen LogP contribution in [-0.2, 0) is 16.0 Å². The molecule has 5 nitrogen and oxygen atoms in total. The van der Waals surface area contributed by atoms with Crippen LogP contribution in [0, 0.1) is 0 Å². The standard InChI is InChI=1S/C15H23N3O2.ClH/c1-12(11-16)18(2)15(20)8-9-17-14(19)10-13-6-4-3-5-7-13;/h3-7,12H,8-11,16H2,1-2H3,(H,17,19);1H. The molecule has 0 heterocycles. The maximum absolute atomic E-state index is 11.8. The highest BCUT2D eigenvalue weighted by molar-refractivity contribution is 5.85. The van der Waals surface area contributed by atoms with Gasteiger partial charge in [-0.2, -0.15) is 0 Å². The smallest absolute Gasteiger partial charge is 0.224 e. The Kier molecular flexibility index (Phi) is 9.41. The number of nitrogens with one attached hydrogen (secondary N) is 1. The fraction of sp³-hybridized carbons (Fsp3) is 0.467. The molecule has 0 spiro atoms. The highest BCUT2D eigenvalue weighted by Gasteiger charge is 2.14. The molecule has 1 rings (SSSR count). The second kappa shape index (κ2) is 10.2. The lowest BCUT2D eigenvalue weighted by molar-refractivity contribution is -0.131. The molecule has 0 aliphatic heterocycles. The van der Waals surface area contributed by atoms with Crippen LogP contribution in [0.15, 0.2) is 30.3 Å². The van der Waals surface area contributed by atoms with Crippen LogP contribution in [0.4, 0.5) is 0 Å². The predicted molar refractivity (Wildman–Crippen MR) is 86.3 cm³/mol. The van der Waals surface area contributed by atoms with E-state index in [0.29, 0.717) is 25.9 Å². The Morgan fingerprint density at radius 1 is 1.29 bits per heavy atom. The Hall–Kier alpha value is -1.59. The van der Waals surface area contributed by atoms with Gasteiger partial charge in [0.1, 0.15) is 0 Å². The molecule has 21 heavy (non-hydrogen) atoms. The summed E-state index contributed by atoms with van der Waals surface area (Å²) in [6, 6.07) is 9.53. The lowest BCUT2D eigenvalue weighted by atomic mass is 10.1. The number of hydrogen-bond acceptors (Lipinski definition) is 3. The first kappa shape index (κ1) is 19.4. The van der Waals surface area contributed by atoms with Crippen LogP contribution in [0.25, 0.3) is 0 Å². The monoisotopic (exact) mass is 313 g/mol. The summed E-state index contributed by atoms with van der Waals surface area (Å²) in [7, 11) is 1.73. The highest BCUT2D eigenvalue weighted by Crippen LogP contribution is 2.00. The normalized spacial score (nSPS) is 11.2. The summed E-state index contributed by atoms with van der Waals surface area (Å²) < 4.78 is 0. The molecule has 118 valence electrons. The first-order valence-electron chi connectivity index (χ1n) is 6.81. The molecule has 0 aliphatic rings. The van der Waals surface area contributed by atoms with Gasteiger partial charge in [-0.25, -0.2) is 0 Å². The van der Waals surface area contributed by atoms with Crippen molar-refractivity contribution < 1.29 is 9.59 Å². The molecule has 1 atom stereocenters. The van der Waals surface area contributed by atoms with E-state index < -0.39 is 0 Å². The molecule has 2 amide bonds. The summed E-state index contributed by atoms with van der Waals surface area (Å²) in [6.45, 7) is 2.68. The number of likely N-dealkylation sites (N-methyl/N-ethyl adjacent to an activating group) is 1. The molecule has 0 saturated heterocycles. The topological polar surface area (TPSA) is 75.4 Å². The zero-order valence-corrected chi connectivity index (χ0v) is 13.4. The van der Waals surface area contributed by atoms with E-state index in [1.54, 1.807) is 11.9 Å². The average molecular weight is 314 g/mol. The number of nitrogens with zero attached hydrogens (tertiary/aromatic N) is 1. The van der Waals surface area contributed by atoms with E-state index in [9.17, 15) is 9.59 Å². The van der Waals surface area contributed by atoms with Crippen molar-refractivity contribution in [3.05, 3.63) is 35.9 Å². The Morgan fingerprint density at radius 2 is 1.90 bits per heavy atom. The number of amides is 2. The maximum Gasteiger partial charge on any atom is 0.224 e. The molecule has 3 N–H and O–H groups in total. The molecule has 6 heteroatoms. The minimum absolute atomic E-state index is 0. The molecule has 0 aliphatic carbocycles. The number of rotatable bonds is 7. The first-order valence-corrected chi connectivity index (χ1v) is 6.81. The number of nitrogens with two attached hydrogens (primary N) is 1. The summed E-state index contributed by atoms with van der Waals surface area (Å²) in [5.41, 5.74) is 6.47. The van der Waals surface area contributed by atoms with Crippen molar-refractivity contribution >= 4 is 24.2 Å². The van der Waals surface area contributed by atoms with Crippen LogP contribution in [0.3, 0.4) is 0 Å². The summed E-state index contributed by atoms with van der Waals surface area (Å²) in [4.78, 5) is 25.1. The van der Waals surface area contributed by atoms with Crippen LogP contribution >= 0.6 is 12.4 Å². The third kappa shape index (κ3) is 7.11. The Morgan fingerprint density at radius 3 is 2.48 bits per heavy atom. The second-order valence-electron chi connectivity index (χ2n) is 4.85. The van der Waals surface area contributed by atoms with E-state index in [2.05, 4.69) is 5.32 Å². The molecule has 1 aromatic carbocycles. The van der Waals surface area contributed by atoms with Gasteiger partial charge in [-0.15, -0.1) is 12.4 Å². The minimum atomic E-state index is -0.0708. The fourth-order valence-electron chi connectivity index (χ4n) is 1.73. The lowest BCUT2D eigenvalue weighted by Gasteiger charge is -2.23. The van der Waals surface area contributed by atoms with Gasteiger partial charge in [0.05, 0.1) is 6.42 Å². The third-order valence-corrected chi connectivity index (χ3v) is 3.26. The second-order valence-corrected chi connectivity index (χ2v) is 4.85. The van der Waals surface area contributed by atoms with Crippen molar-refractivity contribution in [3.63, 3.8) is 0 Å². The van der Waals surface area contributed by atoms with Crippen molar-refractivity contribution in [2.75, 3.05) is 20.1 Å². The summed E-state index contributed by atoms with van der Waals surface area (Å²) in [5.74, 6) is -0.0820. The molecule has 1 unspecified atom stereocenters. The van der Waals surface area contributed by atoms with E-state index in [4.69, 9.17) is 5.73 Å². The Balaban J connectivity index is 0.00000400. The van der Waals surface area contributed by atoms with Gasteiger partial charge in [-0.1, -0.05) is 30.3 Å². The molecule has 1 aromatic rings. The minimum Gasteiger partial charge on any atom is -0.355 e. The van der Waals surface area contributed by atoms with Gasteiger partial charge in [0, 0.05) is 32.6 Å². The zero-order chi connectivity index (χ0) is 15.0.